The molecule has 2 aromatic carbocycles. The molecule has 1 aliphatic heterocycles. The van der Waals surface area contributed by atoms with Crippen molar-refractivity contribution < 1.29 is 13.9 Å². The Labute approximate surface area is 137 Å². The molecule has 0 saturated carbocycles. The highest BCUT2D eigenvalue weighted by molar-refractivity contribution is 5.75. The molecule has 24 heavy (non-hydrogen) atoms. The lowest BCUT2D eigenvalue weighted by molar-refractivity contribution is 0.307. The summed E-state index contributed by atoms with van der Waals surface area (Å²) in [5.41, 5.74) is 2.04. The summed E-state index contributed by atoms with van der Waals surface area (Å²) in [6.07, 6.45) is 5.82. The molecule has 5 rings (SSSR count). The van der Waals surface area contributed by atoms with Gasteiger partial charge in [0.1, 0.15) is 6.26 Å². The van der Waals surface area contributed by atoms with E-state index in [4.69, 9.17) is 4.74 Å². The van der Waals surface area contributed by atoms with Crippen LogP contribution in [0.2, 0.25) is 0 Å². The molecule has 8 nitrogen and oxygen atoms in total. The quantitative estimate of drug-likeness (QED) is 0.461. The van der Waals surface area contributed by atoms with E-state index < -0.39 is 0 Å². The van der Waals surface area contributed by atoms with E-state index in [0.29, 0.717) is 0 Å². The first-order valence-corrected chi connectivity index (χ1v) is 6.99. The molecule has 0 radical (unpaired) electrons. The standard InChI is InChI=1S/C12H9NO.2C2H2N2O/c1-3-7-11-9(5-1)13-10-6-2-4-8-12(10)14-11;1-2-5-4-3-1;1-2-4-5-3-1/h1-8,13H;2*1-2H. The zero-order valence-corrected chi connectivity index (χ0v) is 12.4. The van der Waals surface area contributed by atoms with Gasteiger partial charge < -0.3 is 14.6 Å². The van der Waals surface area contributed by atoms with Gasteiger partial charge in [0.15, 0.2) is 11.5 Å². The Bertz CT molecular complexity index is 686. The maximum atomic E-state index is 5.71. The minimum absolute atomic E-state index is 0.881. The van der Waals surface area contributed by atoms with Crippen LogP contribution in [0.1, 0.15) is 0 Å². The molecule has 120 valence electrons. The Hall–Kier alpha value is -3.68. The minimum atomic E-state index is 0.881. The van der Waals surface area contributed by atoms with Crippen molar-refractivity contribution in [2.75, 3.05) is 5.32 Å². The molecule has 0 saturated heterocycles. The third kappa shape index (κ3) is 4.17. The van der Waals surface area contributed by atoms with Crippen LogP contribution in [0, 0.1) is 0 Å². The molecule has 0 spiro atoms. The predicted molar refractivity (Wildman–Crippen MR) is 84.8 cm³/mol. The summed E-state index contributed by atoms with van der Waals surface area (Å²) in [6.45, 7) is 0. The third-order valence-electron chi connectivity index (χ3n) is 2.83. The maximum absolute atomic E-state index is 5.71. The van der Waals surface area contributed by atoms with Crippen LogP contribution in [0.25, 0.3) is 0 Å². The average molecular weight is 323 g/mol. The molecule has 1 aliphatic rings. The van der Waals surface area contributed by atoms with Gasteiger partial charge in [0.2, 0.25) is 0 Å². The SMILES string of the molecule is c1ccc2c(c1)Nc1ccccc1O2.c1cnon1.c1conn1. The number of para-hydroxylation sites is 4. The second kappa shape index (κ2) is 8.08. The zero-order valence-electron chi connectivity index (χ0n) is 12.4. The number of nitrogens with one attached hydrogen (secondary N) is 1. The van der Waals surface area contributed by atoms with E-state index in [1.54, 1.807) is 0 Å². The smallest absolute Gasteiger partial charge is 0.150 e. The van der Waals surface area contributed by atoms with Crippen LogP contribution < -0.4 is 10.1 Å². The Morgan fingerprint density at radius 3 is 1.79 bits per heavy atom. The molecule has 1 N–H and O–H groups in total. The second-order valence-electron chi connectivity index (χ2n) is 4.40. The number of anilines is 2. The fourth-order valence-corrected chi connectivity index (χ4v) is 1.85. The van der Waals surface area contributed by atoms with Crippen molar-refractivity contribution in [1.29, 1.82) is 0 Å². The summed E-state index contributed by atoms with van der Waals surface area (Å²) in [7, 11) is 0. The van der Waals surface area contributed by atoms with Crippen molar-refractivity contribution in [1.82, 2.24) is 20.7 Å². The highest BCUT2D eigenvalue weighted by Gasteiger charge is 2.13. The molecular formula is C16H13N5O3. The summed E-state index contributed by atoms with van der Waals surface area (Å²) < 4.78 is 14.0. The third-order valence-corrected chi connectivity index (χ3v) is 2.83. The van der Waals surface area contributed by atoms with Gasteiger partial charge in [-0.2, -0.15) is 0 Å². The van der Waals surface area contributed by atoms with Crippen LogP contribution >= 0.6 is 0 Å². The van der Waals surface area contributed by atoms with Crippen molar-refractivity contribution in [2.45, 2.75) is 0 Å². The topological polar surface area (TPSA) is 99.1 Å². The van der Waals surface area contributed by atoms with E-state index in [0.717, 1.165) is 22.9 Å². The Balaban J connectivity index is 0.000000138. The number of hydrogen-bond acceptors (Lipinski definition) is 8. The van der Waals surface area contributed by atoms with Crippen molar-refractivity contribution in [3.05, 3.63) is 73.4 Å². The Kier molecular flexibility index (Phi) is 5.13. The van der Waals surface area contributed by atoms with E-state index in [-0.39, 0.29) is 0 Å². The largest absolute Gasteiger partial charge is 0.453 e. The Morgan fingerprint density at radius 1 is 0.750 bits per heavy atom. The van der Waals surface area contributed by atoms with Gasteiger partial charge in [-0.3, -0.25) is 0 Å². The number of ether oxygens (including phenoxy) is 1. The van der Waals surface area contributed by atoms with Crippen LogP contribution in [0.3, 0.4) is 0 Å². The normalized spacial score (nSPS) is 10.3. The molecule has 0 bridgehead atoms. The molecular weight excluding hydrogens is 310 g/mol. The van der Waals surface area contributed by atoms with Crippen molar-refractivity contribution in [2.24, 2.45) is 0 Å². The van der Waals surface area contributed by atoms with Crippen LogP contribution in [0.15, 0.2) is 82.5 Å². The van der Waals surface area contributed by atoms with Gasteiger partial charge in [0.05, 0.1) is 30.0 Å². The van der Waals surface area contributed by atoms with Gasteiger partial charge in [-0.15, -0.1) is 5.10 Å². The van der Waals surface area contributed by atoms with Crippen LogP contribution in [0.4, 0.5) is 11.4 Å². The molecule has 0 amide bonds. The number of hydrogen-bond donors (Lipinski definition) is 1. The number of nitrogens with zero attached hydrogens (tertiary/aromatic N) is 4. The summed E-state index contributed by atoms with van der Waals surface area (Å²) >= 11 is 0. The lowest BCUT2D eigenvalue weighted by Crippen LogP contribution is -2.01. The summed E-state index contributed by atoms with van der Waals surface area (Å²) in [5.74, 6) is 1.76. The molecule has 0 atom stereocenters. The predicted octanol–water partition coefficient (Wildman–Crippen LogP) is 3.68. The summed E-state index contributed by atoms with van der Waals surface area (Å²) in [4.78, 5) is 0. The lowest BCUT2D eigenvalue weighted by atomic mass is 10.2. The van der Waals surface area contributed by atoms with Gasteiger partial charge in [0, 0.05) is 5.27 Å². The molecule has 0 aliphatic carbocycles. The number of rotatable bonds is 0. The van der Waals surface area contributed by atoms with E-state index >= 15 is 0 Å². The average Bonchev–Trinajstić information content (AvgIpc) is 3.38. The fraction of sp³-hybridized carbons (Fsp3) is 0. The summed E-state index contributed by atoms with van der Waals surface area (Å²) in [6, 6.07) is 15.8. The molecule has 0 unspecified atom stereocenters. The highest BCUT2D eigenvalue weighted by atomic mass is 16.6. The fourth-order valence-electron chi connectivity index (χ4n) is 1.85. The monoisotopic (exact) mass is 323 g/mol. The van der Waals surface area contributed by atoms with Crippen LogP contribution in [0.5, 0.6) is 11.5 Å². The van der Waals surface area contributed by atoms with E-state index in [2.05, 4.69) is 35.2 Å². The van der Waals surface area contributed by atoms with Crippen molar-refractivity contribution in [3.63, 3.8) is 0 Å². The van der Waals surface area contributed by atoms with Gasteiger partial charge >= 0.3 is 0 Å². The number of aromatic nitrogens is 4. The van der Waals surface area contributed by atoms with E-state index in [9.17, 15) is 0 Å². The Morgan fingerprint density at radius 2 is 1.38 bits per heavy atom. The van der Waals surface area contributed by atoms with Crippen LogP contribution in [-0.2, 0) is 0 Å². The van der Waals surface area contributed by atoms with Gasteiger partial charge in [0.25, 0.3) is 0 Å². The van der Waals surface area contributed by atoms with Crippen molar-refractivity contribution in [3.8, 4) is 11.5 Å². The molecule has 4 aromatic rings. The first-order chi connectivity index (χ1) is 11.9. The minimum Gasteiger partial charge on any atom is -0.453 e. The summed E-state index contributed by atoms with van der Waals surface area (Å²) in [5, 5.41) is 16.2. The molecule has 3 heterocycles. The van der Waals surface area contributed by atoms with Crippen molar-refractivity contribution >= 4 is 11.4 Å². The van der Waals surface area contributed by atoms with E-state index in [1.165, 1.54) is 24.9 Å². The van der Waals surface area contributed by atoms with Gasteiger partial charge in [-0.05, 0) is 24.3 Å². The van der Waals surface area contributed by atoms with E-state index in [1.807, 2.05) is 48.5 Å². The molecule has 0 fully saturated rings. The first kappa shape index (κ1) is 15.2. The second-order valence-corrected chi connectivity index (χ2v) is 4.40. The molecule has 2 aromatic heterocycles. The van der Waals surface area contributed by atoms with Crippen LogP contribution in [-0.4, -0.2) is 20.7 Å². The number of benzene rings is 2. The zero-order chi connectivity index (χ0) is 16.5. The number of fused-ring (bicyclic) bond motifs is 2. The van der Waals surface area contributed by atoms with Gasteiger partial charge in [-0.25, -0.2) is 4.63 Å². The van der Waals surface area contributed by atoms with Gasteiger partial charge in [-0.1, -0.05) is 34.6 Å². The highest BCUT2D eigenvalue weighted by Crippen LogP contribution is 2.40. The first-order valence-electron chi connectivity index (χ1n) is 6.99. The maximum Gasteiger partial charge on any atom is 0.150 e. The lowest BCUT2D eigenvalue weighted by Gasteiger charge is -2.20. The molecule has 8 heteroatoms.